The van der Waals surface area contributed by atoms with Crippen LogP contribution in [0.5, 0.6) is 5.75 Å². The van der Waals surface area contributed by atoms with E-state index < -0.39 is 0 Å². The summed E-state index contributed by atoms with van der Waals surface area (Å²) < 4.78 is 5.80. The number of hydrogen-bond acceptors (Lipinski definition) is 1. The zero-order valence-corrected chi connectivity index (χ0v) is 16.5. The molecular formula is C24H38O. The van der Waals surface area contributed by atoms with Crippen molar-refractivity contribution in [3.63, 3.8) is 0 Å². The molecule has 2 aliphatic carbocycles. The second-order valence-corrected chi connectivity index (χ2v) is 8.57. The van der Waals surface area contributed by atoms with Gasteiger partial charge in [0.05, 0.1) is 6.61 Å². The summed E-state index contributed by atoms with van der Waals surface area (Å²) in [5.74, 6) is 4.92. The lowest BCUT2D eigenvalue weighted by Gasteiger charge is -2.38. The van der Waals surface area contributed by atoms with E-state index in [9.17, 15) is 0 Å². The summed E-state index contributed by atoms with van der Waals surface area (Å²) in [7, 11) is 0. The van der Waals surface area contributed by atoms with Crippen LogP contribution in [0.15, 0.2) is 24.3 Å². The van der Waals surface area contributed by atoms with Crippen molar-refractivity contribution < 1.29 is 4.74 Å². The SMILES string of the molecule is CCCCOc1ccc([C@H]2CC[C@H]([C@H]3CC[C@H](CC)CC3)CC2)cc1. The lowest BCUT2D eigenvalue weighted by atomic mass is 9.68. The summed E-state index contributed by atoms with van der Waals surface area (Å²) in [6, 6.07) is 9.00. The van der Waals surface area contributed by atoms with Gasteiger partial charge in [-0.3, -0.25) is 0 Å². The van der Waals surface area contributed by atoms with E-state index in [0.717, 1.165) is 42.4 Å². The first kappa shape index (κ1) is 18.8. The van der Waals surface area contributed by atoms with Crippen molar-refractivity contribution in [1.29, 1.82) is 0 Å². The van der Waals surface area contributed by atoms with Crippen LogP contribution < -0.4 is 4.74 Å². The molecular weight excluding hydrogens is 304 g/mol. The maximum absolute atomic E-state index is 5.80. The molecule has 140 valence electrons. The molecule has 1 aromatic carbocycles. The first-order valence-electron chi connectivity index (χ1n) is 11.0. The van der Waals surface area contributed by atoms with Gasteiger partial charge in [-0.2, -0.15) is 0 Å². The third-order valence-electron chi connectivity index (χ3n) is 7.03. The molecule has 1 heteroatoms. The fourth-order valence-electron chi connectivity index (χ4n) is 5.16. The van der Waals surface area contributed by atoms with Crippen LogP contribution >= 0.6 is 0 Å². The zero-order chi connectivity index (χ0) is 17.5. The Kier molecular flexibility index (Phi) is 7.25. The second-order valence-electron chi connectivity index (χ2n) is 8.57. The Morgan fingerprint density at radius 2 is 1.40 bits per heavy atom. The minimum absolute atomic E-state index is 0.785. The largest absolute Gasteiger partial charge is 0.494 e. The van der Waals surface area contributed by atoms with E-state index in [1.165, 1.54) is 69.8 Å². The van der Waals surface area contributed by atoms with Gasteiger partial charge in [0.25, 0.3) is 0 Å². The van der Waals surface area contributed by atoms with Crippen LogP contribution in [0.25, 0.3) is 0 Å². The van der Waals surface area contributed by atoms with Gasteiger partial charge in [-0.05, 0) is 86.3 Å². The topological polar surface area (TPSA) is 9.23 Å². The van der Waals surface area contributed by atoms with Gasteiger partial charge >= 0.3 is 0 Å². The Bertz CT molecular complexity index is 475. The van der Waals surface area contributed by atoms with Crippen molar-refractivity contribution >= 4 is 0 Å². The quantitative estimate of drug-likeness (QED) is 0.470. The van der Waals surface area contributed by atoms with Crippen molar-refractivity contribution in [2.75, 3.05) is 6.61 Å². The molecule has 0 spiro atoms. The molecule has 2 saturated carbocycles. The molecule has 0 saturated heterocycles. The first-order valence-corrected chi connectivity index (χ1v) is 11.0. The predicted octanol–water partition coefficient (Wildman–Crippen LogP) is 7.36. The minimum Gasteiger partial charge on any atom is -0.494 e. The maximum atomic E-state index is 5.80. The molecule has 3 rings (SSSR count). The van der Waals surface area contributed by atoms with Crippen LogP contribution in [-0.2, 0) is 0 Å². The lowest BCUT2D eigenvalue weighted by molar-refractivity contribution is 0.158. The maximum Gasteiger partial charge on any atom is 0.119 e. The van der Waals surface area contributed by atoms with E-state index in [-0.39, 0.29) is 0 Å². The average Bonchev–Trinajstić information content (AvgIpc) is 2.69. The summed E-state index contributed by atoms with van der Waals surface area (Å²) in [5.41, 5.74) is 1.54. The van der Waals surface area contributed by atoms with Crippen molar-refractivity contribution in [2.45, 2.75) is 90.4 Å². The number of hydrogen-bond donors (Lipinski definition) is 0. The highest BCUT2D eigenvalue weighted by Gasteiger charge is 2.30. The van der Waals surface area contributed by atoms with Crippen LogP contribution in [0.1, 0.15) is 96.0 Å². The molecule has 0 unspecified atom stereocenters. The van der Waals surface area contributed by atoms with Gasteiger partial charge in [-0.25, -0.2) is 0 Å². The van der Waals surface area contributed by atoms with Gasteiger partial charge in [0.1, 0.15) is 5.75 Å². The van der Waals surface area contributed by atoms with E-state index >= 15 is 0 Å². The van der Waals surface area contributed by atoms with Gasteiger partial charge in [-0.15, -0.1) is 0 Å². The fraction of sp³-hybridized carbons (Fsp3) is 0.750. The number of unbranched alkanes of at least 4 members (excludes halogenated alkanes) is 1. The van der Waals surface area contributed by atoms with Crippen LogP contribution in [0.4, 0.5) is 0 Å². The van der Waals surface area contributed by atoms with Crippen molar-refractivity contribution in [1.82, 2.24) is 0 Å². The normalized spacial score (nSPS) is 30.2. The Hall–Kier alpha value is -0.980. The third-order valence-corrected chi connectivity index (χ3v) is 7.03. The minimum atomic E-state index is 0.785. The van der Waals surface area contributed by atoms with E-state index in [1.807, 2.05) is 0 Å². The third kappa shape index (κ3) is 5.25. The molecule has 0 bridgehead atoms. The Labute approximate surface area is 155 Å². The summed E-state index contributed by atoms with van der Waals surface area (Å²) in [5, 5.41) is 0. The molecule has 0 amide bonds. The molecule has 0 heterocycles. The number of rotatable bonds is 7. The Balaban J connectivity index is 1.44. The molecule has 0 atom stereocenters. The first-order chi connectivity index (χ1) is 12.3. The van der Waals surface area contributed by atoms with E-state index in [0.29, 0.717) is 0 Å². The van der Waals surface area contributed by atoms with Gasteiger partial charge in [0.2, 0.25) is 0 Å². The van der Waals surface area contributed by atoms with Gasteiger partial charge in [-0.1, -0.05) is 51.7 Å². The summed E-state index contributed by atoms with van der Waals surface area (Å²) in [6.45, 7) is 5.43. The van der Waals surface area contributed by atoms with Crippen LogP contribution in [0, 0.1) is 17.8 Å². The highest BCUT2D eigenvalue weighted by Crippen LogP contribution is 2.44. The van der Waals surface area contributed by atoms with E-state index in [1.54, 1.807) is 0 Å². The molecule has 1 aromatic rings. The van der Waals surface area contributed by atoms with Crippen molar-refractivity contribution in [2.24, 2.45) is 17.8 Å². The van der Waals surface area contributed by atoms with Crippen LogP contribution in [0.3, 0.4) is 0 Å². The predicted molar refractivity (Wildman–Crippen MR) is 107 cm³/mol. The average molecular weight is 343 g/mol. The Morgan fingerprint density at radius 1 is 0.800 bits per heavy atom. The van der Waals surface area contributed by atoms with Crippen molar-refractivity contribution in [3.05, 3.63) is 29.8 Å². The standard InChI is InChI=1S/C24H38O/c1-3-5-18-25-24-16-14-23(15-17-24)22-12-10-21(11-13-22)20-8-6-19(4-2)7-9-20/h14-17,19-22H,3-13,18H2,1-2H3/t19-,20-,21-,22-. The van der Waals surface area contributed by atoms with Gasteiger partial charge in [0.15, 0.2) is 0 Å². The Morgan fingerprint density at radius 3 is 1.96 bits per heavy atom. The molecule has 2 fully saturated rings. The molecule has 25 heavy (non-hydrogen) atoms. The number of ether oxygens (including phenoxy) is 1. The summed E-state index contributed by atoms with van der Waals surface area (Å²) in [4.78, 5) is 0. The van der Waals surface area contributed by atoms with Gasteiger partial charge < -0.3 is 4.74 Å². The zero-order valence-electron chi connectivity index (χ0n) is 16.5. The van der Waals surface area contributed by atoms with Crippen LogP contribution in [-0.4, -0.2) is 6.61 Å². The van der Waals surface area contributed by atoms with E-state index in [2.05, 4.69) is 38.1 Å². The van der Waals surface area contributed by atoms with Crippen LogP contribution in [0.2, 0.25) is 0 Å². The van der Waals surface area contributed by atoms with Crippen molar-refractivity contribution in [3.8, 4) is 5.75 Å². The smallest absolute Gasteiger partial charge is 0.119 e. The highest BCUT2D eigenvalue weighted by molar-refractivity contribution is 5.29. The molecule has 0 N–H and O–H groups in total. The summed E-state index contributed by atoms with van der Waals surface area (Å²) in [6.07, 6.45) is 15.5. The lowest BCUT2D eigenvalue weighted by Crippen LogP contribution is -2.25. The molecule has 1 nitrogen and oxygen atoms in total. The van der Waals surface area contributed by atoms with Gasteiger partial charge in [0, 0.05) is 0 Å². The molecule has 0 aliphatic heterocycles. The molecule has 0 aromatic heterocycles. The summed E-state index contributed by atoms with van der Waals surface area (Å²) >= 11 is 0. The van der Waals surface area contributed by atoms with E-state index in [4.69, 9.17) is 4.74 Å². The molecule has 2 aliphatic rings. The monoisotopic (exact) mass is 342 g/mol. The second kappa shape index (κ2) is 9.64. The number of benzene rings is 1. The highest BCUT2D eigenvalue weighted by atomic mass is 16.5. The molecule has 0 radical (unpaired) electrons. The fourth-order valence-corrected chi connectivity index (χ4v) is 5.16.